The van der Waals surface area contributed by atoms with Crippen molar-refractivity contribution in [1.29, 1.82) is 0 Å². The van der Waals surface area contributed by atoms with Crippen LogP contribution in [-0.2, 0) is 11.2 Å². The molecule has 4 rings (SSSR count). The van der Waals surface area contributed by atoms with E-state index in [9.17, 15) is 9.90 Å². The van der Waals surface area contributed by atoms with Crippen molar-refractivity contribution < 1.29 is 9.90 Å². The van der Waals surface area contributed by atoms with E-state index in [4.69, 9.17) is 0 Å². The van der Waals surface area contributed by atoms with Gasteiger partial charge < -0.3 is 10.4 Å². The molecular formula is C23H18N2O2S. The summed E-state index contributed by atoms with van der Waals surface area (Å²) in [6, 6.07) is 25.1. The van der Waals surface area contributed by atoms with Gasteiger partial charge in [0.2, 0.25) is 0 Å². The van der Waals surface area contributed by atoms with E-state index in [1.54, 1.807) is 12.1 Å². The Hall–Kier alpha value is -3.31. The lowest BCUT2D eigenvalue weighted by atomic mass is 10.0. The maximum absolute atomic E-state index is 12.3. The first-order valence-electron chi connectivity index (χ1n) is 8.88. The van der Waals surface area contributed by atoms with Crippen LogP contribution in [0.1, 0.15) is 16.7 Å². The smallest absolute Gasteiger partial charge is 0.264 e. The van der Waals surface area contributed by atoms with Gasteiger partial charge in [-0.25, -0.2) is 4.99 Å². The van der Waals surface area contributed by atoms with Crippen LogP contribution in [0.25, 0.3) is 6.08 Å². The Morgan fingerprint density at radius 1 is 0.929 bits per heavy atom. The van der Waals surface area contributed by atoms with Crippen LogP contribution in [0.5, 0.6) is 5.75 Å². The second-order valence-corrected chi connectivity index (χ2v) is 7.40. The van der Waals surface area contributed by atoms with E-state index in [1.165, 1.54) is 17.3 Å². The fraction of sp³-hybridized carbons (Fsp3) is 0.0435. The van der Waals surface area contributed by atoms with Gasteiger partial charge in [0, 0.05) is 5.56 Å². The van der Waals surface area contributed by atoms with E-state index >= 15 is 0 Å². The summed E-state index contributed by atoms with van der Waals surface area (Å²) in [6.07, 6.45) is 2.47. The van der Waals surface area contributed by atoms with Crippen LogP contribution in [0.15, 0.2) is 88.8 Å². The zero-order valence-electron chi connectivity index (χ0n) is 15.0. The zero-order valence-corrected chi connectivity index (χ0v) is 15.8. The topological polar surface area (TPSA) is 61.7 Å². The molecule has 0 spiro atoms. The zero-order chi connectivity index (χ0) is 19.3. The molecule has 1 amide bonds. The number of nitrogens with zero attached hydrogens (tertiary/aromatic N) is 1. The number of para-hydroxylation sites is 1. The average Bonchev–Trinajstić information content (AvgIpc) is 3.05. The van der Waals surface area contributed by atoms with Crippen molar-refractivity contribution in [2.45, 2.75) is 6.42 Å². The number of benzene rings is 3. The maximum atomic E-state index is 12.3. The summed E-state index contributed by atoms with van der Waals surface area (Å²) in [5.41, 5.74) is 3.65. The predicted molar refractivity (Wildman–Crippen MR) is 115 cm³/mol. The number of rotatable bonds is 4. The third kappa shape index (κ3) is 4.32. The average molecular weight is 386 g/mol. The van der Waals surface area contributed by atoms with Gasteiger partial charge in [0.1, 0.15) is 5.75 Å². The van der Waals surface area contributed by atoms with Crippen molar-refractivity contribution in [3.8, 4) is 5.75 Å². The number of aliphatic imine (C=N–C) groups is 1. The Morgan fingerprint density at radius 3 is 2.39 bits per heavy atom. The Balaban J connectivity index is 1.57. The number of phenols is 1. The van der Waals surface area contributed by atoms with E-state index in [0.29, 0.717) is 15.6 Å². The van der Waals surface area contributed by atoms with Crippen molar-refractivity contribution in [3.63, 3.8) is 0 Å². The Kier molecular flexibility index (Phi) is 5.26. The maximum Gasteiger partial charge on any atom is 0.264 e. The van der Waals surface area contributed by atoms with Gasteiger partial charge in [0.15, 0.2) is 5.17 Å². The van der Waals surface area contributed by atoms with Crippen LogP contribution in [0.4, 0.5) is 5.69 Å². The molecule has 0 bridgehead atoms. The molecule has 2 N–H and O–H groups in total. The Morgan fingerprint density at radius 2 is 1.64 bits per heavy atom. The van der Waals surface area contributed by atoms with Gasteiger partial charge >= 0.3 is 0 Å². The molecule has 28 heavy (non-hydrogen) atoms. The third-order valence-corrected chi connectivity index (χ3v) is 5.18. The number of phenolic OH excluding ortho intramolecular Hbond substituents is 1. The first kappa shape index (κ1) is 18.1. The molecule has 0 radical (unpaired) electrons. The van der Waals surface area contributed by atoms with Crippen LogP contribution >= 0.6 is 11.8 Å². The minimum absolute atomic E-state index is 0.145. The Labute approximate surface area is 167 Å². The van der Waals surface area contributed by atoms with Gasteiger partial charge in [-0.3, -0.25) is 4.79 Å². The number of thioether (sulfide) groups is 1. The second-order valence-electron chi connectivity index (χ2n) is 6.37. The van der Waals surface area contributed by atoms with E-state index in [0.717, 1.165) is 17.7 Å². The molecule has 3 aromatic rings. The first-order valence-corrected chi connectivity index (χ1v) is 9.69. The molecule has 1 heterocycles. The fourth-order valence-corrected chi connectivity index (χ4v) is 3.74. The number of aromatic hydroxyl groups is 1. The first-order chi connectivity index (χ1) is 13.7. The van der Waals surface area contributed by atoms with Gasteiger partial charge in [-0.2, -0.15) is 0 Å². The molecule has 0 saturated carbocycles. The van der Waals surface area contributed by atoms with Crippen LogP contribution < -0.4 is 5.32 Å². The SMILES string of the molecule is O=C1NC(=Nc2ccccc2)S/C1=C\c1cc(Cc2ccccc2)ccc1O. The lowest BCUT2D eigenvalue weighted by Gasteiger charge is -2.06. The molecule has 1 aliphatic heterocycles. The Bertz CT molecular complexity index is 1060. The van der Waals surface area contributed by atoms with E-state index in [1.807, 2.05) is 60.7 Å². The van der Waals surface area contributed by atoms with Crippen molar-refractivity contribution in [2.24, 2.45) is 4.99 Å². The summed E-state index contributed by atoms with van der Waals surface area (Å²) in [5.74, 6) is -0.0706. The summed E-state index contributed by atoms with van der Waals surface area (Å²) >= 11 is 1.27. The highest BCUT2D eigenvalue weighted by Gasteiger charge is 2.24. The lowest BCUT2D eigenvalue weighted by molar-refractivity contribution is -0.115. The summed E-state index contributed by atoms with van der Waals surface area (Å²) < 4.78 is 0. The summed E-state index contributed by atoms with van der Waals surface area (Å²) in [4.78, 5) is 17.2. The molecule has 1 aliphatic rings. The third-order valence-electron chi connectivity index (χ3n) is 4.27. The number of carbonyl (C=O) groups is 1. The van der Waals surface area contributed by atoms with Crippen molar-refractivity contribution in [2.75, 3.05) is 0 Å². The second kappa shape index (κ2) is 8.15. The number of carbonyl (C=O) groups excluding carboxylic acids is 1. The minimum atomic E-state index is -0.215. The van der Waals surface area contributed by atoms with Crippen molar-refractivity contribution in [1.82, 2.24) is 5.32 Å². The lowest BCUT2D eigenvalue weighted by Crippen LogP contribution is -2.19. The number of amidine groups is 1. The van der Waals surface area contributed by atoms with Crippen LogP contribution in [-0.4, -0.2) is 16.2 Å². The standard InChI is InChI=1S/C23H18N2O2S/c26-20-12-11-17(13-16-7-3-1-4-8-16)14-18(20)15-21-22(27)25-23(28-21)24-19-9-5-2-6-10-19/h1-12,14-15,26H,13H2,(H,24,25,27)/b21-15-. The number of amides is 1. The molecule has 4 nitrogen and oxygen atoms in total. The van der Waals surface area contributed by atoms with Gasteiger partial charge in [0.25, 0.3) is 5.91 Å². The molecule has 0 aromatic heterocycles. The van der Waals surface area contributed by atoms with E-state index in [2.05, 4.69) is 22.4 Å². The van der Waals surface area contributed by atoms with E-state index < -0.39 is 0 Å². The molecule has 0 atom stereocenters. The van der Waals surface area contributed by atoms with Crippen LogP contribution in [0.3, 0.4) is 0 Å². The van der Waals surface area contributed by atoms with E-state index in [-0.39, 0.29) is 11.7 Å². The summed E-state index contributed by atoms with van der Waals surface area (Å²) in [5, 5.41) is 13.5. The summed E-state index contributed by atoms with van der Waals surface area (Å²) in [6.45, 7) is 0. The van der Waals surface area contributed by atoms with Gasteiger partial charge in [-0.05, 0) is 59.7 Å². The minimum Gasteiger partial charge on any atom is -0.507 e. The monoisotopic (exact) mass is 386 g/mol. The largest absolute Gasteiger partial charge is 0.507 e. The highest BCUT2D eigenvalue weighted by Crippen LogP contribution is 2.31. The number of hydrogen-bond donors (Lipinski definition) is 2. The highest BCUT2D eigenvalue weighted by molar-refractivity contribution is 8.18. The van der Waals surface area contributed by atoms with Gasteiger partial charge in [-0.15, -0.1) is 0 Å². The molecule has 0 unspecified atom stereocenters. The van der Waals surface area contributed by atoms with Crippen molar-refractivity contribution in [3.05, 3.63) is 100 Å². The highest BCUT2D eigenvalue weighted by atomic mass is 32.2. The molecule has 138 valence electrons. The normalized spacial score (nSPS) is 16.5. The predicted octanol–water partition coefficient (Wildman–Crippen LogP) is 4.87. The summed E-state index contributed by atoms with van der Waals surface area (Å²) in [7, 11) is 0. The van der Waals surface area contributed by atoms with Crippen molar-refractivity contribution >= 4 is 34.6 Å². The molecule has 1 saturated heterocycles. The molecule has 0 aliphatic carbocycles. The fourth-order valence-electron chi connectivity index (χ4n) is 2.90. The van der Waals surface area contributed by atoms with Crippen LogP contribution in [0.2, 0.25) is 0 Å². The van der Waals surface area contributed by atoms with Crippen LogP contribution in [0, 0.1) is 0 Å². The molecule has 5 heteroatoms. The molecular weight excluding hydrogens is 368 g/mol. The van der Waals surface area contributed by atoms with Gasteiger partial charge in [0.05, 0.1) is 10.6 Å². The van der Waals surface area contributed by atoms with Gasteiger partial charge in [-0.1, -0.05) is 54.6 Å². The quantitative estimate of drug-likeness (QED) is 0.629. The molecule has 1 fully saturated rings. The number of hydrogen-bond acceptors (Lipinski definition) is 4. The molecule has 3 aromatic carbocycles. The number of nitrogens with one attached hydrogen (secondary N) is 1.